The van der Waals surface area contributed by atoms with Gasteiger partial charge in [0.15, 0.2) is 0 Å². The zero-order valence-electron chi connectivity index (χ0n) is 12.4. The Morgan fingerprint density at radius 1 is 1.11 bits per heavy atom. The van der Waals surface area contributed by atoms with E-state index in [1.165, 1.54) is 32.1 Å². The summed E-state index contributed by atoms with van der Waals surface area (Å²) in [6.45, 7) is 3.22. The van der Waals surface area contributed by atoms with Gasteiger partial charge in [0.25, 0.3) is 0 Å². The molecule has 2 saturated carbocycles. The summed E-state index contributed by atoms with van der Waals surface area (Å²) in [6, 6.07) is 0.412. The topological polar surface area (TPSA) is 55.1 Å². The van der Waals surface area contributed by atoms with Crippen molar-refractivity contribution in [2.75, 3.05) is 6.54 Å². The SMILES string of the molecule is CC1CCC(CNC(=O)CCC2CCC(N)CC2)C1. The van der Waals surface area contributed by atoms with Crippen molar-refractivity contribution in [2.45, 2.75) is 70.8 Å². The van der Waals surface area contributed by atoms with E-state index in [1.807, 2.05) is 0 Å². The molecule has 0 spiro atoms. The number of nitrogens with one attached hydrogen (secondary N) is 1. The number of amides is 1. The minimum Gasteiger partial charge on any atom is -0.356 e. The van der Waals surface area contributed by atoms with E-state index in [1.54, 1.807) is 0 Å². The zero-order valence-corrected chi connectivity index (χ0v) is 12.4. The van der Waals surface area contributed by atoms with Gasteiger partial charge in [-0.2, -0.15) is 0 Å². The molecule has 3 heteroatoms. The quantitative estimate of drug-likeness (QED) is 0.804. The molecule has 3 nitrogen and oxygen atoms in total. The van der Waals surface area contributed by atoms with Crippen molar-refractivity contribution in [3.8, 4) is 0 Å². The second-order valence-electron chi connectivity index (χ2n) is 6.91. The second kappa shape index (κ2) is 7.28. The van der Waals surface area contributed by atoms with E-state index in [0.717, 1.165) is 43.6 Å². The second-order valence-corrected chi connectivity index (χ2v) is 6.91. The lowest BCUT2D eigenvalue weighted by Gasteiger charge is -2.25. The fourth-order valence-electron chi connectivity index (χ4n) is 3.67. The zero-order chi connectivity index (χ0) is 13.7. The molecular formula is C16H30N2O. The van der Waals surface area contributed by atoms with E-state index in [4.69, 9.17) is 5.73 Å². The number of rotatable bonds is 5. The third-order valence-electron chi connectivity index (χ3n) is 5.06. The maximum absolute atomic E-state index is 11.9. The maximum atomic E-state index is 11.9. The largest absolute Gasteiger partial charge is 0.356 e. The molecular weight excluding hydrogens is 236 g/mol. The lowest BCUT2D eigenvalue weighted by molar-refractivity contribution is -0.121. The van der Waals surface area contributed by atoms with Crippen LogP contribution in [0.4, 0.5) is 0 Å². The summed E-state index contributed by atoms with van der Waals surface area (Å²) in [7, 11) is 0. The Morgan fingerprint density at radius 2 is 1.79 bits per heavy atom. The van der Waals surface area contributed by atoms with Crippen LogP contribution in [0.25, 0.3) is 0 Å². The molecule has 2 rings (SSSR count). The molecule has 2 fully saturated rings. The first-order valence-corrected chi connectivity index (χ1v) is 8.15. The summed E-state index contributed by atoms with van der Waals surface area (Å²) >= 11 is 0. The smallest absolute Gasteiger partial charge is 0.220 e. The van der Waals surface area contributed by atoms with Crippen molar-refractivity contribution in [3.63, 3.8) is 0 Å². The molecule has 0 aromatic carbocycles. The summed E-state index contributed by atoms with van der Waals surface area (Å²) < 4.78 is 0. The fraction of sp³-hybridized carbons (Fsp3) is 0.938. The van der Waals surface area contributed by atoms with E-state index >= 15 is 0 Å². The Kier molecular flexibility index (Phi) is 5.68. The molecule has 0 aromatic rings. The predicted molar refractivity (Wildman–Crippen MR) is 78.7 cm³/mol. The Morgan fingerprint density at radius 3 is 2.42 bits per heavy atom. The number of carbonyl (C=O) groups is 1. The molecule has 0 aliphatic heterocycles. The molecule has 1 amide bonds. The number of carbonyl (C=O) groups excluding carboxylic acids is 1. The summed E-state index contributed by atoms with van der Waals surface area (Å²) in [5.41, 5.74) is 5.90. The highest BCUT2D eigenvalue weighted by atomic mass is 16.1. The van der Waals surface area contributed by atoms with Crippen molar-refractivity contribution in [1.29, 1.82) is 0 Å². The molecule has 3 N–H and O–H groups in total. The Labute approximate surface area is 117 Å². The Hall–Kier alpha value is -0.570. The van der Waals surface area contributed by atoms with Gasteiger partial charge in [0.1, 0.15) is 0 Å². The minimum atomic E-state index is 0.259. The summed E-state index contributed by atoms with van der Waals surface area (Å²) in [4.78, 5) is 11.9. The van der Waals surface area contributed by atoms with Crippen LogP contribution >= 0.6 is 0 Å². The molecule has 0 saturated heterocycles. The lowest BCUT2D eigenvalue weighted by atomic mass is 9.84. The third-order valence-corrected chi connectivity index (χ3v) is 5.06. The predicted octanol–water partition coefficient (Wildman–Crippen LogP) is 2.84. The van der Waals surface area contributed by atoms with Gasteiger partial charge < -0.3 is 11.1 Å². The summed E-state index contributed by atoms with van der Waals surface area (Å²) in [5.74, 6) is 2.58. The van der Waals surface area contributed by atoms with Gasteiger partial charge >= 0.3 is 0 Å². The van der Waals surface area contributed by atoms with Gasteiger partial charge in [0.2, 0.25) is 5.91 Å². The third kappa shape index (κ3) is 5.13. The van der Waals surface area contributed by atoms with Gasteiger partial charge in [-0.25, -0.2) is 0 Å². The van der Waals surface area contributed by atoms with Gasteiger partial charge in [0.05, 0.1) is 0 Å². The highest BCUT2D eigenvalue weighted by molar-refractivity contribution is 5.75. The Balaban J connectivity index is 1.54. The standard InChI is InChI=1S/C16H30N2O/c1-12-2-3-14(10-12)11-18-16(19)9-6-13-4-7-15(17)8-5-13/h12-15H,2-11,17H2,1H3,(H,18,19). The molecule has 2 unspecified atom stereocenters. The van der Waals surface area contributed by atoms with Gasteiger partial charge in [-0.05, 0) is 62.7 Å². The van der Waals surface area contributed by atoms with E-state index in [2.05, 4.69) is 12.2 Å². The van der Waals surface area contributed by atoms with Crippen LogP contribution in [0.15, 0.2) is 0 Å². The number of hydrogen-bond acceptors (Lipinski definition) is 2. The van der Waals surface area contributed by atoms with Crippen molar-refractivity contribution < 1.29 is 4.79 Å². The van der Waals surface area contributed by atoms with Crippen LogP contribution in [0.1, 0.15) is 64.7 Å². The average molecular weight is 266 g/mol. The molecule has 2 aliphatic carbocycles. The lowest BCUT2D eigenvalue weighted by Crippen LogP contribution is -2.30. The number of hydrogen-bond donors (Lipinski definition) is 2. The van der Waals surface area contributed by atoms with Crippen molar-refractivity contribution >= 4 is 5.91 Å². The fourth-order valence-corrected chi connectivity index (χ4v) is 3.67. The Bertz CT molecular complexity index is 284. The van der Waals surface area contributed by atoms with E-state index in [0.29, 0.717) is 12.5 Å². The van der Waals surface area contributed by atoms with Crippen LogP contribution in [0.5, 0.6) is 0 Å². The van der Waals surface area contributed by atoms with Gasteiger partial charge in [-0.15, -0.1) is 0 Å². The first-order valence-electron chi connectivity index (χ1n) is 8.15. The van der Waals surface area contributed by atoms with E-state index in [9.17, 15) is 4.79 Å². The number of nitrogens with two attached hydrogens (primary N) is 1. The monoisotopic (exact) mass is 266 g/mol. The van der Waals surface area contributed by atoms with Crippen LogP contribution in [0.2, 0.25) is 0 Å². The molecule has 110 valence electrons. The van der Waals surface area contributed by atoms with Crippen molar-refractivity contribution in [2.24, 2.45) is 23.5 Å². The van der Waals surface area contributed by atoms with Crippen LogP contribution in [0.3, 0.4) is 0 Å². The van der Waals surface area contributed by atoms with Crippen molar-refractivity contribution in [1.82, 2.24) is 5.32 Å². The molecule has 0 aromatic heterocycles. The molecule has 2 atom stereocenters. The van der Waals surface area contributed by atoms with Crippen LogP contribution in [-0.4, -0.2) is 18.5 Å². The van der Waals surface area contributed by atoms with Crippen LogP contribution in [-0.2, 0) is 4.79 Å². The minimum absolute atomic E-state index is 0.259. The summed E-state index contributed by atoms with van der Waals surface area (Å²) in [6.07, 6.45) is 10.4. The maximum Gasteiger partial charge on any atom is 0.220 e. The molecule has 19 heavy (non-hydrogen) atoms. The van der Waals surface area contributed by atoms with E-state index < -0.39 is 0 Å². The highest BCUT2D eigenvalue weighted by Gasteiger charge is 2.22. The molecule has 0 bridgehead atoms. The van der Waals surface area contributed by atoms with Crippen LogP contribution in [0, 0.1) is 17.8 Å². The van der Waals surface area contributed by atoms with Gasteiger partial charge in [-0.1, -0.05) is 13.3 Å². The molecule has 0 radical (unpaired) electrons. The van der Waals surface area contributed by atoms with Crippen LogP contribution < -0.4 is 11.1 Å². The first-order chi connectivity index (χ1) is 9.13. The molecule has 2 aliphatic rings. The van der Waals surface area contributed by atoms with Crippen molar-refractivity contribution in [3.05, 3.63) is 0 Å². The summed E-state index contributed by atoms with van der Waals surface area (Å²) in [5, 5.41) is 3.13. The highest BCUT2D eigenvalue weighted by Crippen LogP contribution is 2.30. The normalized spacial score (nSPS) is 35.3. The molecule has 0 heterocycles. The van der Waals surface area contributed by atoms with Gasteiger partial charge in [0, 0.05) is 19.0 Å². The first kappa shape index (κ1) is 14.8. The van der Waals surface area contributed by atoms with E-state index in [-0.39, 0.29) is 5.91 Å². The average Bonchev–Trinajstić information content (AvgIpc) is 2.81. The van der Waals surface area contributed by atoms with Gasteiger partial charge in [-0.3, -0.25) is 4.79 Å².